The smallest absolute Gasteiger partial charge is 0.266 e. The van der Waals surface area contributed by atoms with E-state index in [0.29, 0.717) is 11.3 Å². The van der Waals surface area contributed by atoms with Gasteiger partial charge in [-0.05, 0) is 25.3 Å². The zero-order valence-corrected chi connectivity index (χ0v) is 12.9. The standard InChI is InChI=1S/C9H11N3O5S3/c1-5-6(2)11-17-8(5)12-20(15,16)7-3-4-18-9(7)19(10,13)14/h3-4,12H,1-2H3,(H2,10,13,14). The molecule has 0 amide bonds. The number of nitrogens with zero attached hydrogens (tertiary/aromatic N) is 1. The normalized spacial score (nSPS) is 12.6. The Labute approximate surface area is 119 Å². The van der Waals surface area contributed by atoms with E-state index in [9.17, 15) is 16.8 Å². The van der Waals surface area contributed by atoms with Crippen LogP contribution in [0.2, 0.25) is 0 Å². The van der Waals surface area contributed by atoms with Crippen molar-refractivity contribution < 1.29 is 21.4 Å². The van der Waals surface area contributed by atoms with Crippen LogP contribution in [0, 0.1) is 13.8 Å². The first-order valence-electron chi connectivity index (χ1n) is 5.19. The van der Waals surface area contributed by atoms with Crippen molar-refractivity contribution in [3.8, 4) is 0 Å². The zero-order valence-electron chi connectivity index (χ0n) is 10.4. The van der Waals surface area contributed by atoms with Crippen LogP contribution in [0.25, 0.3) is 0 Å². The van der Waals surface area contributed by atoms with Crippen LogP contribution < -0.4 is 9.86 Å². The molecule has 2 rings (SSSR count). The Bertz CT molecular complexity index is 847. The fourth-order valence-corrected chi connectivity index (χ4v) is 5.19. The van der Waals surface area contributed by atoms with Gasteiger partial charge in [0.1, 0.15) is 4.90 Å². The SMILES string of the molecule is Cc1noc(NS(=O)(=O)c2ccsc2S(N)(=O)=O)c1C. The minimum Gasteiger partial charge on any atom is -0.337 e. The Morgan fingerprint density at radius 3 is 2.45 bits per heavy atom. The van der Waals surface area contributed by atoms with Gasteiger partial charge in [-0.3, -0.25) is 0 Å². The summed E-state index contributed by atoms with van der Waals surface area (Å²) < 4.78 is 53.6. The topological polar surface area (TPSA) is 132 Å². The molecule has 0 aliphatic heterocycles. The fourth-order valence-electron chi connectivity index (χ4n) is 1.38. The van der Waals surface area contributed by atoms with Crippen LogP contribution in [-0.4, -0.2) is 22.0 Å². The molecule has 8 nitrogen and oxygen atoms in total. The van der Waals surface area contributed by atoms with Gasteiger partial charge in [0.15, 0.2) is 4.21 Å². The van der Waals surface area contributed by atoms with Crippen molar-refractivity contribution in [1.29, 1.82) is 0 Å². The van der Waals surface area contributed by atoms with E-state index in [2.05, 4.69) is 9.88 Å². The molecule has 0 aliphatic carbocycles. The van der Waals surface area contributed by atoms with Gasteiger partial charge in [-0.1, -0.05) is 5.16 Å². The Morgan fingerprint density at radius 1 is 1.30 bits per heavy atom. The molecule has 0 saturated heterocycles. The zero-order chi connectivity index (χ0) is 15.1. The number of hydrogen-bond acceptors (Lipinski definition) is 7. The van der Waals surface area contributed by atoms with Gasteiger partial charge in [-0.25, -0.2) is 26.7 Å². The maximum atomic E-state index is 12.2. The molecule has 0 aromatic carbocycles. The Hall–Kier alpha value is -1.43. The van der Waals surface area contributed by atoms with Gasteiger partial charge < -0.3 is 4.52 Å². The van der Waals surface area contributed by atoms with Gasteiger partial charge >= 0.3 is 0 Å². The summed E-state index contributed by atoms with van der Waals surface area (Å²) in [7, 11) is -8.24. The predicted octanol–water partition coefficient (Wildman–Crippen LogP) is 0.801. The fraction of sp³-hybridized carbons (Fsp3) is 0.222. The minimum atomic E-state index is -4.13. The molecule has 0 radical (unpaired) electrons. The number of rotatable bonds is 4. The van der Waals surface area contributed by atoms with Gasteiger partial charge in [0.25, 0.3) is 10.0 Å². The average molecular weight is 337 g/mol. The van der Waals surface area contributed by atoms with Crippen LogP contribution in [0.1, 0.15) is 11.3 Å². The number of hydrogen-bond donors (Lipinski definition) is 2. The molecule has 0 aliphatic rings. The van der Waals surface area contributed by atoms with E-state index in [1.54, 1.807) is 13.8 Å². The number of aryl methyl sites for hydroxylation is 1. The third-order valence-electron chi connectivity index (χ3n) is 2.53. The molecular formula is C9H11N3O5S3. The molecule has 0 unspecified atom stereocenters. The van der Waals surface area contributed by atoms with Crippen LogP contribution in [0.3, 0.4) is 0 Å². The maximum Gasteiger partial charge on any atom is 0.266 e. The van der Waals surface area contributed by atoms with Gasteiger partial charge in [0, 0.05) is 5.56 Å². The lowest BCUT2D eigenvalue weighted by molar-refractivity contribution is 0.430. The third kappa shape index (κ3) is 2.70. The molecule has 20 heavy (non-hydrogen) atoms. The molecule has 2 aromatic heterocycles. The van der Waals surface area contributed by atoms with Crippen LogP contribution in [0.15, 0.2) is 25.1 Å². The van der Waals surface area contributed by atoms with E-state index >= 15 is 0 Å². The summed E-state index contributed by atoms with van der Waals surface area (Å²) in [5, 5.41) is 9.92. The number of primary sulfonamides is 1. The Morgan fingerprint density at radius 2 is 1.95 bits per heavy atom. The molecular weight excluding hydrogens is 326 g/mol. The molecule has 0 spiro atoms. The second-order valence-electron chi connectivity index (χ2n) is 3.94. The Kier molecular flexibility index (Phi) is 3.62. The van der Waals surface area contributed by atoms with E-state index in [1.165, 1.54) is 5.38 Å². The second-order valence-corrected chi connectivity index (χ2v) is 8.27. The first kappa shape index (κ1) is 15.0. The summed E-state index contributed by atoms with van der Waals surface area (Å²) in [5.41, 5.74) is 1.04. The first-order chi connectivity index (χ1) is 9.13. The van der Waals surface area contributed by atoms with E-state index in [0.717, 1.165) is 17.4 Å². The van der Waals surface area contributed by atoms with Crippen molar-refractivity contribution in [2.24, 2.45) is 5.14 Å². The summed E-state index contributed by atoms with van der Waals surface area (Å²) in [6, 6.07) is 1.16. The Balaban J connectivity index is 2.47. The highest BCUT2D eigenvalue weighted by atomic mass is 32.2. The number of anilines is 1. The van der Waals surface area contributed by atoms with Crippen molar-refractivity contribution in [2.45, 2.75) is 23.0 Å². The highest BCUT2D eigenvalue weighted by Crippen LogP contribution is 2.28. The van der Waals surface area contributed by atoms with E-state index in [4.69, 9.17) is 9.66 Å². The van der Waals surface area contributed by atoms with Crippen LogP contribution in [0.5, 0.6) is 0 Å². The molecule has 0 fully saturated rings. The van der Waals surface area contributed by atoms with E-state index < -0.39 is 29.2 Å². The number of sulfonamides is 2. The van der Waals surface area contributed by atoms with Gasteiger partial charge in [0.2, 0.25) is 15.9 Å². The lowest BCUT2D eigenvalue weighted by atomic mass is 10.3. The largest absolute Gasteiger partial charge is 0.337 e. The maximum absolute atomic E-state index is 12.2. The summed E-state index contributed by atoms with van der Waals surface area (Å²) in [6.45, 7) is 3.27. The van der Waals surface area contributed by atoms with Crippen LogP contribution in [-0.2, 0) is 20.0 Å². The van der Waals surface area contributed by atoms with Crippen LogP contribution >= 0.6 is 11.3 Å². The molecule has 0 saturated carbocycles. The minimum absolute atomic E-state index is 0.0610. The number of nitrogens with one attached hydrogen (secondary N) is 1. The van der Waals surface area contributed by atoms with Crippen molar-refractivity contribution >= 4 is 37.3 Å². The van der Waals surface area contributed by atoms with Crippen molar-refractivity contribution in [3.05, 3.63) is 22.7 Å². The lowest BCUT2D eigenvalue weighted by Crippen LogP contribution is -2.18. The molecule has 11 heteroatoms. The van der Waals surface area contributed by atoms with E-state index in [1.807, 2.05) is 0 Å². The number of thiophene rings is 1. The molecule has 0 atom stereocenters. The highest BCUT2D eigenvalue weighted by Gasteiger charge is 2.27. The number of aromatic nitrogens is 1. The monoisotopic (exact) mass is 337 g/mol. The van der Waals surface area contributed by atoms with Gasteiger partial charge in [-0.15, -0.1) is 11.3 Å². The quantitative estimate of drug-likeness (QED) is 0.848. The molecule has 0 bridgehead atoms. The lowest BCUT2D eigenvalue weighted by Gasteiger charge is -2.05. The highest BCUT2D eigenvalue weighted by molar-refractivity contribution is 7.95. The summed E-state index contributed by atoms with van der Waals surface area (Å²) >= 11 is 0.725. The second kappa shape index (κ2) is 4.84. The number of nitrogens with two attached hydrogens (primary N) is 1. The van der Waals surface area contributed by atoms with Crippen molar-refractivity contribution in [3.63, 3.8) is 0 Å². The van der Waals surface area contributed by atoms with Gasteiger partial charge in [-0.2, -0.15) is 0 Å². The molecule has 110 valence electrons. The molecule has 3 N–H and O–H groups in total. The van der Waals surface area contributed by atoms with Crippen molar-refractivity contribution in [2.75, 3.05) is 4.72 Å². The summed E-state index contributed by atoms with van der Waals surface area (Å²) in [6.07, 6.45) is 0. The third-order valence-corrected chi connectivity index (χ3v) is 6.59. The van der Waals surface area contributed by atoms with E-state index in [-0.39, 0.29) is 5.88 Å². The molecule has 2 heterocycles. The summed E-state index contributed by atoms with van der Waals surface area (Å²) in [4.78, 5) is -0.418. The summed E-state index contributed by atoms with van der Waals surface area (Å²) in [5.74, 6) is -0.0610. The van der Waals surface area contributed by atoms with Crippen LogP contribution in [0.4, 0.5) is 5.88 Å². The van der Waals surface area contributed by atoms with Crippen molar-refractivity contribution in [1.82, 2.24) is 5.16 Å². The molecule has 2 aromatic rings. The first-order valence-corrected chi connectivity index (χ1v) is 9.10. The van der Waals surface area contributed by atoms with Gasteiger partial charge in [0.05, 0.1) is 5.69 Å². The predicted molar refractivity (Wildman–Crippen MR) is 72.5 cm³/mol. The average Bonchev–Trinajstić information content (AvgIpc) is 2.91.